The Kier molecular flexibility index (Phi) is 4.96. The van der Waals surface area contributed by atoms with Gasteiger partial charge in [0.1, 0.15) is 17.3 Å². The van der Waals surface area contributed by atoms with Crippen molar-refractivity contribution in [2.75, 3.05) is 25.0 Å². The van der Waals surface area contributed by atoms with Gasteiger partial charge >= 0.3 is 6.03 Å². The third kappa shape index (κ3) is 3.44. The average molecular weight is 475 g/mol. The van der Waals surface area contributed by atoms with Gasteiger partial charge in [0, 0.05) is 5.69 Å². The van der Waals surface area contributed by atoms with Crippen LogP contribution in [0.25, 0.3) is 0 Å². The Morgan fingerprint density at radius 3 is 2.61 bits per heavy atom. The molecule has 4 aliphatic rings. The van der Waals surface area contributed by atoms with Crippen molar-refractivity contribution in [1.29, 1.82) is 0 Å². The Morgan fingerprint density at radius 1 is 1.15 bits per heavy atom. The summed E-state index contributed by atoms with van der Waals surface area (Å²) in [6.45, 7) is 3.15. The number of nitrogens with zero attached hydrogens (tertiary/aromatic N) is 4. The van der Waals surface area contributed by atoms with Crippen LogP contribution in [0.15, 0.2) is 15.5 Å². The molecular formula is C22H27FN6O3S. The van der Waals surface area contributed by atoms with Crippen molar-refractivity contribution in [3.63, 3.8) is 0 Å². The first-order chi connectivity index (χ1) is 15.9. The van der Waals surface area contributed by atoms with Gasteiger partial charge in [0.2, 0.25) is 5.88 Å². The van der Waals surface area contributed by atoms with Crippen LogP contribution in [-0.4, -0.2) is 50.7 Å². The maximum absolute atomic E-state index is 14.6. The van der Waals surface area contributed by atoms with Gasteiger partial charge < -0.3 is 10.1 Å². The second kappa shape index (κ2) is 7.78. The minimum Gasteiger partial charge on any atom is -0.475 e. The number of urea groups is 1. The highest BCUT2D eigenvalue weighted by Gasteiger charge is 2.33. The molecule has 1 fully saturated rings. The molecule has 3 N–H and O–H groups in total. The molecule has 1 aromatic heterocycles. The van der Waals surface area contributed by atoms with Crippen LogP contribution in [0, 0.1) is 5.82 Å². The fourth-order valence-corrected chi connectivity index (χ4v) is 6.56. The quantitative estimate of drug-likeness (QED) is 0.709. The summed E-state index contributed by atoms with van der Waals surface area (Å²) in [7, 11) is -3.57. The number of rotatable bonds is 3. The van der Waals surface area contributed by atoms with Crippen LogP contribution in [0.2, 0.25) is 0 Å². The lowest BCUT2D eigenvalue weighted by atomic mass is 9.83. The van der Waals surface area contributed by atoms with Gasteiger partial charge in [-0.2, -0.15) is 5.10 Å². The first kappa shape index (κ1) is 21.1. The number of nitrogens with one attached hydrogen (secondary N) is 1. The molecule has 6 rings (SSSR count). The molecule has 176 valence electrons. The van der Waals surface area contributed by atoms with Crippen molar-refractivity contribution in [2.24, 2.45) is 9.50 Å². The molecule has 1 saturated heterocycles. The van der Waals surface area contributed by atoms with Crippen LogP contribution in [0.5, 0.6) is 5.88 Å². The summed E-state index contributed by atoms with van der Waals surface area (Å²) in [6.07, 6.45) is 7.33. The van der Waals surface area contributed by atoms with Gasteiger partial charge in [-0.1, -0.05) is 0 Å². The average Bonchev–Trinajstić information content (AvgIpc) is 3.51. The summed E-state index contributed by atoms with van der Waals surface area (Å²) >= 11 is 0. The van der Waals surface area contributed by atoms with E-state index in [2.05, 4.69) is 19.7 Å². The zero-order valence-corrected chi connectivity index (χ0v) is 19.1. The van der Waals surface area contributed by atoms with E-state index in [1.165, 1.54) is 19.0 Å². The molecule has 9 nitrogen and oxygen atoms in total. The number of nitrogens with two attached hydrogens (primary N) is 1. The number of benzene rings is 1. The van der Waals surface area contributed by atoms with Crippen molar-refractivity contribution < 1.29 is 18.1 Å². The van der Waals surface area contributed by atoms with Gasteiger partial charge in [-0.05, 0) is 80.3 Å². The molecule has 2 atom stereocenters. The van der Waals surface area contributed by atoms with E-state index in [0.717, 1.165) is 30.6 Å². The standard InChI is InChI=1S/C22H27FN6O3S/c23-19-14-4-3-5-16(14)20(17-7-6-15(17)19)26-22(30)27-33(24,31)18-10-25-29-11-13(12-32-21(18)29)28-8-1-2-9-28/h10,13H,1-9,11-12H2,(H3,24,26,27,30,31). The van der Waals surface area contributed by atoms with Crippen LogP contribution in [0.4, 0.5) is 14.9 Å². The van der Waals surface area contributed by atoms with E-state index in [0.29, 0.717) is 61.5 Å². The van der Waals surface area contributed by atoms with Crippen LogP contribution < -0.4 is 15.2 Å². The normalized spacial score (nSPS) is 23.0. The van der Waals surface area contributed by atoms with Crippen molar-refractivity contribution in [3.05, 3.63) is 34.3 Å². The molecule has 11 heteroatoms. The zero-order valence-electron chi connectivity index (χ0n) is 18.3. The number of hydrogen-bond donors (Lipinski definition) is 2. The largest absolute Gasteiger partial charge is 0.475 e. The van der Waals surface area contributed by atoms with Gasteiger partial charge in [-0.15, -0.1) is 4.36 Å². The lowest BCUT2D eigenvalue weighted by Crippen LogP contribution is -2.43. The van der Waals surface area contributed by atoms with Crippen LogP contribution in [0.1, 0.15) is 41.5 Å². The summed E-state index contributed by atoms with van der Waals surface area (Å²) in [6, 6.07) is -0.594. The summed E-state index contributed by atoms with van der Waals surface area (Å²) in [4.78, 5) is 15.3. The third-order valence-corrected chi connectivity index (χ3v) is 8.67. The van der Waals surface area contributed by atoms with E-state index in [-0.39, 0.29) is 16.8 Å². The monoisotopic (exact) mass is 474 g/mol. The Labute approximate surface area is 191 Å². The summed E-state index contributed by atoms with van der Waals surface area (Å²) in [5.74, 6) is 0.179. The predicted molar refractivity (Wildman–Crippen MR) is 120 cm³/mol. The van der Waals surface area contributed by atoms with E-state index in [4.69, 9.17) is 9.88 Å². The summed E-state index contributed by atoms with van der Waals surface area (Å²) in [5, 5.41) is 13.1. The van der Waals surface area contributed by atoms with Gasteiger partial charge in [0.25, 0.3) is 0 Å². The second-order valence-corrected chi connectivity index (χ2v) is 11.0. The van der Waals surface area contributed by atoms with Crippen molar-refractivity contribution in [3.8, 4) is 5.88 Å². The Morgan fingerprint density at radius 2 is 1.85 bits per heavy atom. The first-order valence-electron chi connectivity index (χ1n) is 11.6. The topological polar surface area (TPSA) is 115 Å². The Balaban J connectivity index is 1.26. The van der Waals surface area contributed by atoms with Crippen molar-refractivity contribution in [1.82, 2.24) is 14.7 Å². The molecule has 2 amide bonds. The molecule has 2 aromatic rings. The lowest BCUT2D eigenvalue weighted by molar-refractivity contribution is 0.0994. The van der Waals surface area contributed by atoms with Gasteiger partial charge in [-0.3, -0.25) is 4.90 Å². The SMILES string of the molecule is NS(=O)(=NC(=O)Nc1c2c(c(F)c3c1CC3)CCC2)c1cnn2c1OCC(N1CCCC1)C2. The summed E-state index contributed by atoms with van der Waals surface area (Å²) < 4.78 is 39.3. The number of fused-ring (bicyclic) bond motifs is 3. The molecule has 0 radical (unpaired) electrons. The third-order valence-electron chi connectivity index (χ3n) is 7.32. The molecule has 0 spiro atoms. The minimum absolute atomic E-state index is 0.120. The fourth-order valence-electron chi connectivity index (χ4n) is 5.56. The first-order valence-corrected chi connectivity index (χ1v) is 13.1. The molecule has 2 unspecified atom stereocenters. The molecule has 1 aromatic carbocycles. The molecule has 33 heavy (non-hydrogen) atoms. The highest BCUT2D eigenvalue weighted by atomic mass is 32.2. The number of aromatic nitrogens is 2. The smallest absolute Gasteiger partial charge is 0.354 e. The van der Waals surface area contributed by atoms with E-state index >= 15 is 0 Å². The van der Waals surface area contributed by atoms with Crippen LogP contribution >= 0.6 is 0 Å². The molecular weight excluding hydrogens is 447 g/mol. The summed E-state index contributed by atoms with van der Waals surface area (Å²) in [5.41, 5.74) is 3.63. The van der Waals surface area contributed by atoms with E-state index in [1.54, 1.807) is 4.68 Å². The lowest BCUT2D eigenvalue weighted by Gasteiger charge is -2.31. The molecule has 2 aliphatic carbocycles. The molecule has 2 aliphatic heterocycles. The van der Waals surface area contributed by atoms with Crippen molar-refractivity contribution >= 4 is 21.6 Å². The highest BCUT2D eigenvalue weighted by Crippen LogP contribution is 2.42. The second-order valence-electron chi connectivity index (χ2n) is 9.25. The van der Waals surface area contributed by atoms with Crippen LogP contribution in [-0.2, 0) is 42.1 Å². The van der Waals surface area contributed by atoms with Gasteiger partial charge in [0.05, 0.1) is 18.8 Å². The number of likely N-dealkylation sites (tertiary alicyclic amines) is 1. The van der Waals surface area contributed by atoms with Gasteiger partial charge in [-0.25, -0.2) is 23.2 Å². The maximum atomic E-state index is 14.6. The molecule has 0 saturated carbocycles. The molecule has 3 heterocycles. The van der Waals surface area contributed by atoms with Gasteiger partial charge in [0.15, 0.2) is 9.92 Å². The Hall–Kier alpha value is -2.50. The zero-order chi connectivity index (χ0) is 22.7. The number of anilines is 1. The maximum Gasteiger partial charge on any atom is 0.354 e. The number of hydrogen-bond acceptors (Lipinski definition) is 5. The fraction of sp³-hybridized carbons (Fsp3) is 0.545. The number of halogens is 1. The van der Waals surface area contributed by atoms with E-state index in [9.17, 15) is 13.4 Å². The number of carbonyl (C=O) groups is 1. The number of carbonyl (C=O) groups excluding carboxylic acids is 1. The van der Waals surface area contributed by atoms with Crippen molar-refractivity contribution in [2.45, 2.75) is 62.4 Å². The van der Waals surface area contributed by atoms with E-state index in [1.807, 2.05) is 0 Å². The minimum atomic E-state index is -3.57. The van der Waals surface area contributed by atoms with Crippen LogP contribution in [0.3, 0.4) is 0 Å². The predicted octanol–water partition coefficient (Wildman–Crippen LogP) is 2.40. The molecule has 0 bridgehead atoms. The number of ether oxygens (including phenoxy) is 1. The Bertz CT molecular complexity index is 1280. The highest BCUT2D eigenvalue weighted by molar-refractivity contribution is 7.91. The number of amides is 2. The van der Waals surface area contributed by atoms with E-state index < -0.39 is 15.9 Å².